The van der Waals surface area contributed by atoms with E-state index in [4.69, 9.17) is 4.74 Å². The predicted molar refractivity (Wildman–Crippen MR) is 62.1 cm³/mol. The molecule has 2 heterocycles. The van der Waals surface area contributed by atoms with Crippen LogP contribution in [0.15, 0.2) is 18.3 Å². The maximum absolute atomic E-state index is 9.57. The van der Waals surface area contributed by atoms with Gasteiger partial charge in [-0.2, -0.15) is 0 Å². The van der Waals surface area contributed by atoms with Crippen LogP contribution in [-0.2, 0) is 11.3 Å². The number of β-amino-alcohol motifs (C(OH)–C–C–N with tert-alkyl or cyclic N) is 1. The number of aliphatic hydroxyl groups excluding tert-OH is 1. The monoisotopic (exact) mass is 221 g/mol. The Hall–Kier alpha value is -1.13. The minimum Gasteiger partial charge on any atom is -0.391 e. The Morgan fingerprint density at radius 3 is 3.06 bits per heavy atom. The summed E-state index contributed by atoms with van der Waals surface area (Å²) in [6.07, 6.45) is 4.45. The molecule has 87 valence electrons. The van der Waals surface area contributed by atoms with E-state index in [-0.39, 0.29) is 6.10 Å². The van der Waals surface area contributed by atoms with Gasteiger partial charge in [-0.05, 0) is 25.0 Å². The van der Waals surface area contributed by atoms with Crippen molar-refractivity contribution in [2.45, 2.75) is 19.1 Å². The largest absolute Gasteiger partial charge is 0.391 e. The fraction of sp³-hybridized carbons (Fsp3) is 0.500. The van der Waals surface area contributed by atoms with Crippen LogP contribution in [0, 0.1) is 6.42 Å². The van der Waals surface area contributed by atoms with E-state index < -0.39 is 0 Å². The molecular formula is C12H17N2O2. The second kappa shape index (κ2) is 5.27. The lowest BCUT2D eigenvalue weighted by atomic mass is 10.1. The lowest BCUT2D eigenvalue weighted by Crippen LogP contribution is -2.38. The van der Waals surface area contributed by atoms with Crippen LogP contribution < -0.4 is 4.90 Å². The number of anilines is 1. The minimum atomic E-state index is -0.257. The molecule has 1 aromatic rings. The summed E-state index contributed by atoms with van der Waals surface area (Å²) in [6, 6.07) is 3.98. The average molecular weight is 221 g/mol. The van der Waals surface area contributed by atoms with Crippen LogP contribution >= 0.6 is 0 Å². The molecule has 1 atom stereocenters. The number of rotatable bonds is 3. The smallest absolute Gasteiger partial charge is 0.0884 e. The van der Waals surface area contributed by atoms with E-state index in [9.17, 15) is 5.11 Å². The van der Waals surface area contributed by atoms with Gasteiger partial charge in [0.2, 0.25) is 0 Å². The van der Waals surface area contributed by atoms with Crippen LogP contribution in [0.4, 0.5) is 5.69 Å². The summed E-state index contributed by atoms with van der Waals surface area (Å²) in [4.78, 5) is 6.43. The first-order valence-corrected chi connectivity index (χ1v) is 5.48. The first-order valence-electron chi connectivity index (χ1n) is 5.48. The SMILES string of the molecule is COCc1ccc(N2C[CH]C[C@@H](O)C2)cn1. The van der Waals surface area contributed by atoms with Gasteiger partial charge in [-0.15, -0.1) is 0 Å². The van der Waals surface area contributed by atoms with E-state index in [1.165, 1.54) is 0 Å². The Morgan fingerprint density at radius 1 is 1.56 bits per heavy atom. The number of aliphatic hydroxyl groups is 1. The molecule has 0 amide bonds. The molecule has 0 spiro atoms. The Labute approximate surface area is 95.9 Å². The van der Waals surface area contributed by atoms with Gasteiger partial charge in [-0.1, -0.05) is 0 Å². The zero-order chi connectivity index (χ0) is 11.4. The standard InChI is InChI=1S/C12H17N2O2/c1-16-9-10-4-5-11(7-13-10)14-6-2-3-12(15)8-14/h2,4-5,7,12,15H,3,6,8-9H2,1H3/t12-/m1/s1. The normalized spacial score (nSPS) is 21.1. The summed E-state index contributed by atoms with van der Waals surface area (Å²) in [6.45, 7) is 2.10. The summed E-state index contributed by atoms with van der Waals surface area (Å²) >= 11 is 0. The molecule has 1 aromatic heterocycles. The van der Waals surface area contributed by atoms with Crippen molar-refractivity contribution in [2.75, 3.05) is 25.1 Å². The number of pyridine rings is 1. The van der Waals surface area contributed by atoms with Crippen molar-refractivity contribution >= 4 is 5.69 Å². The molecule has 0 saturated carbocycles. The summed E-state index contributed by atoms with van der Waals surface area (Å²) < 4.78 is 5.01. The second-order valence-corrected chi connectivity index (χ2v) is 4.02. The zero-order valence-electron chi connectivity index (χ0n) is 9.47. The van der Waals surface area contributed by atoms with Gasteiger partial charge >= 0.3 is 0 Å². The number of hydrogen-bond donors (Lipinski definition) is 1. The third kappa shape index (κ3) is 2.71. The van der Waals surface area contributed by atoms with Gasteiger partial charge in [-0.3, -0.25) is 4.98 Å². The average Bonchev–Trinajstić information content (AvgIpc) is 2.30. The molecule has 16 heavy (non-hydrogen) atoms. The maximum atomic E-state index is 9.57. The lowest BCUT2D eigenvalue weighted by Gasteiger charge is -2.31. The van der Waals surface area contributed by atoms with Gasteiger partial charge in [-0.25, -0.2) is 0 Å². The molecule has 4 nitrogen and oxygen atoms in total. The molecule has 1 aliphatic heterocycles. The van der Waals surface area contributed by atoms with Crippen LogP contribution in [0.1, 0.15) is 12.1 Å². The Balaban J connectivity index is 2.03. The summed E-state index contributed by atoms with van der Waals surface area (Å²) in [7, 11) is 1.66. The van der Waals surface area contributed by atoms with Gasteiger partial charge < -0.3 is 14.7 Å². The highest BCUT2D eigenvalue weighted by Gasteiger charge is 2.18. The van der Waals surface area contributed by atoms with Crippen molar-refractivity contribution in [3.05, 3.63) is 30.4 Å². The van der Waals surface area contributed by atoms with Gasteiger partial charge in [0.05, 0.1) is 30.3 Å². The molecule has 4 heteroatoms. The zero-order valence-corrected chi connectivity index (χ0v) is 9.47. The van der Waals surface area contributed by atoms with E-state index in [1.807, 2.05) is 18.3 Å². The van der Waals surface area contributed by atoms with Crippen molar-refractivity contribution in [2.24, 2.45) is 0 Å². The molecule has 0 aromatic carbocycles. The number of methoxy groups -OCH3 is 1. The summed E-state index contributed by atoms with van der Waals surface area (Å²) in [5, 5.41) is 9.57. The van der Waals surface area contributed by atoms with Crippen molar-refractivity contribution in [1.29, 1.82) is 0 Å². The molecule has 1 N–H and O–H groups in total. The van der Waals surface area contributed by atoms with Crippen LogP contribution in [-0.4, -0.2) is 36.4 Å². The van der Waals surface area contributed by atoms with Gasteiger partial charge in [0.1, 0.15) is 0 Å². The van der Waals surface area contributed by atoms with E-state index in [0.29, 0.717) is 13.2 Å². The molecular weight excluding hydrogens is 204 g/mol. The molecule has 1 saturated heterocycles. The topological polar surface area (TPSA) is 45.6 Å². The fourth-order valence-corrected chi connectivity index (χ4v) is 1.87. The number of aromatic nitrogens is 1. The molecule has 2 rings (SSSR count). The predicted octanol–water partition coefficient (Wildman–Crippen LogP) is 1.00. The summed E-state index contributed by atoms with van der Waals surface area (Å²) in [5.74, 6) is 0. The fourth-order valence-electron chi connectivity index (χ4n) is 1.87. The van der Waals surface area contributed by atoms with Crippen molar-refractivity contribution < 1.29 is 9.84 Å². The molecule has 0 bridgehead atoms. The lowest BCUT2D eigenvalue weighted by molar-refractivity contribution is 0.169. The molecule has 0 aliphatic carbocycles. The number of hydrogen-bond acceptors (Lipinski definition) is 4. The Morgan fingerprint density at radius 2 is 2.44 bits per heavy atom. The number of ether oxygens (including phenoxy) is 1. The molecule has 1 aliphatic rings. The van der Waals surface area contributed by atoms with E-state index in [2.05, 4.69) is 16.3 Å². The Kier molecular flexibility index (Phi) is 3.74. The van der Waals surface area contributed by atoms with Crippen LogP contribution in [0.25, 0.3) is 0 Å². The maximum Gasteiger partial charge on any atom is 0.0884 e. The van der Waals surface area contributed by atoms with Crippen LogP contribution in [0.3, 0.4) is 0 Å². The molecule has 1 fully saturated rings. The van der Waals surface area contributed by atoms with Crippen molar-refractivity contribution in [3.63, 3.8) is 0 Å². The number of piperidine rings is 1. The van der Waals surface area contributed by atoms with E-state index in [0.717, 1.165) is 24.3 Å². The van der Waals surface area contributed by atoms with Crippen molar-refractivity contribution in [3.8, 4) is 0 Å². The van der Waals surface area contributed by atoms with Crippen LogP contribution in [0.2, 0.25) is 0 Å². The molecule has 1 radical (unpaired) electrons. The highest BCUT2D eigenvalue weighted by atomic mass is 16.5. The van der Waals surface area contributed by atoms with Crippen LogP contribution in [0.5, 0.6) is 0 Å². The Bertz CT molecular complexity index is 326. The van der Waals surface area contributed by atoms with E-state index >= 15 is 0 Å². The minimum absolute atomic E-state index is 0.257. The summed E-state index contributed by atoms with van der Waals surface area (Å²) in [5.41, 5.74) is 1.97. The second-order valence-electron chi connectivity index (χ2n) is 4.02. The van der Waals surface area contributed by atoms with Gasteiger partial charge in [0.25, 0.3) is 0 Å². The van der Waals surface area contributed by atoms with E-state index in [1.54, 1.807) is 7.11 Å². The highest BCUT2D eigenvalue weighted by Crippen LogP contribution is 2.18. The van der Waals surface area contributed by atoms with Crippen molar-refractivity contribution in [1.82, 2.24) is 4.98 Å². The van der Waals surface area contributed by atoms with Gasteiger partial charge in [0, 0.05) is 20.2 Å². The number of nitrogens with zero attached hydrogens (tertiary/aromatic N) is 2. The quantitative estimate of drug-likeness (QED) is 0.827. The highest BCUT2D eigenvalue weighted by molar-refractivity contribution is 5.45. The first-order chi connectivity index (χ1) is 7.79. The third-order valence-electron chi connectivity index (χ3n) is 2.69. The third-order valence-corrected chi connectivity index (χ3v) is 2.69. The van der Waals surface area contributed by atoms with Gasteiger partial charge in [0.15, 0.2) is 0 Å². The first kappa shape index (κ1) is 11.4. The molecule has 0 unspecified atom stereocenters.